The van der Waals surface area contributed by atoms with Gasteiger partial charge in [0.05, 0.1) is 0 Å². The highest BCUT2D eigenvalue weighted by atomic mass is 19.4. The zero-order valence-electron chi connectivity index (χ0n) is 10.3. The molecule has 2 N–H and O–H groups in total. The van der Waals surface area contributed by atoms with E-state index in [-0.39, 0.29) is 11.7 Å². The molecule has 1 amide bonds. The Bertz CT molecular complexity index is 502. The summed E-state index contributed by atoms with van der Waals surface area (Å²) in [4.78, 5) is 11.6. The van der Waals surface area contributed by atoms with Gasteiger partial charge >= 0.3 is 6.18 Å². The van der Waals surface area contributed by atoms with E-state index in [0.717, 1.165) is 6.92 Å². The van der Waals surface area contributed by atoms with Gasteiger partial charge in [0, 0.05) is 17.3 Å². The third-order valence-corrected chi connectivity index (χ3v) is 2.92. The molecule has 0 fully saturated rings. The highest BCUT2D eigenvalue weighted by molar-refractivity contribution is 6.02. The molecule has 0 bridgehead atoms. The van der Waals surface area contributed by atoms with Crippen molar-refractivity contribution in [2.75, 3.05) is 12.4 Å². The lowest BCUT2D eigenvalue weighted by atomic mass is 10.1. The Morgan fingerprint density at radius 1 is 1.42 bits per heavy atom. The molecule has 19 heavy (non-hydrogen) atoms. The summed E-state index contributed by atoms with van der Waals surface area (Å²) in [6.45, 7) is 0.933. The van der Waals surface area contributed by atoms with Gasteiger partial charge in [-0.05, 0) is 20.0 Å². The topological polar surface area (TPSA) is 50.4 Å². The average Bonchev–Trinajstić information content (AvgIpc) is 2.62. The molecule has 1 heterocycles. The van der Waals surface area contributed by atoms with Gasteiger partial charge in [-0.25, -0.2) is 0 Å². The molecule has 0 radical (unpaired) electrons. The summed E-state index contributed by atoms with van der Waals surface area (Å²) >= 11 is 0. The molecule has 7 heteroatoms. The second-order valence-corrected chi connectivity index (χ2v) is 4.26. The number of amides is 1. The summed E-state index contributed by atoms with van der Waals surface area (Å²) in [5.41, 5.74) is 1.16. The molecule has 0 spiro atoms. The number of halogens is 3. The summed E-state index contributed by atoms with van der Waals surface area (Å²) < 4.78 is 42.0. The minimum absolute atomic E-state index is 0.0700. The van der Waals surface area contributed by atoms with Gasteiger partial charge in [-0.3, -0.25) is 4.79 Å². The van der Waals surface area contributed by atoms with Crippen LogP contribution in [0.25, 0.3) is 0 Å². The van der Waals surface area contributed by atoms with Crippen molar-refractivity contribution >= 4 is 11.6 Å². The van der Waals surface area contributed by atoms with Crippen LogP contribution in [0.2, 0.25) is 0 Å². The van der Waals surface area contributed by atoms with Gasteiger partial charge in [0.25, 0.3) is 0 Å². The predicted molar refractivity (Wildman–Crippen MR) is 63.0 cm³/mol. The van der Waals surface area contributed by atoms with Gasteiger partial charge in [-0.2, -0.15) is 13.2 Å². The van der Waals surface area contributed by atoms with Crippen molar-refractivity contribution in [1.82, 2.24) is 5.32 Å². The Morgan fingerprint density at radius 2 is 2.11 bits per heavy atom. The second-order valence-electron chi connectivity index (χ2n) is 4.26. The summed E-state index contributed by atoms with van der Waals surface area (Å²) in [5.74, 6) is -0.167. The minimum Gasteiger partial charge on any atom is -0.481 e. The third kappa shape index (κ3) is 2.65. The van der Waals surface area contributed by atoms with Gasteiger partial charge in [-0.15, -0.1) is 0 Å². The Morgan fingerprint density at radius 3 is 2.68 bits per heavy atom. The number of carbonyl (C=O) groups is 1. The number of alkyl halides is 3. The van der Waals surface area contributed by atoms with Gasteiger partial charge in [0.1, 0.15) is 11.8 Å². The molecular formula is C12H13F3N2O2. The summed E-state index contributed by atoms with van der Waals surface area (Å²) in [6.07, 6.45) is -6.32. The number of fused-ring (bicyclic) bond motifs is 1. The lowest BCUT2D eigenvalue weighted by Gasteiger charge is -2.18. The van der Waals surface area contributed by atoms with E-state index in [2.05, 4.69) is 10.6 Å². The van der Waals surface area contributed by atoms with E-state index in [4.69, 9.17) is 4.74 Å². The minimum atomic E-state index is -4.42. The Labute approximate surface area is 107 Å². The lowest BCUT2D eigenvalue weighted by molar-refractivity contribution is -0.189. The van der Waals surface area contributed by atoms with Crippen molar-refractivity contribution < 1.29 is 22.7 Å². The van der Waals surface area contributed by atoms with Gasteiger partial charge in [-0.1, -0.05) is 6.07 Å². The summed E-state index contributed by atoms with van der Waals surface area (Å²) in [7, 11) is 1.63. The molecule has 2 unspecified atom stereocenters. The van der Waals surface area contributed by atoms with E-state index in [9.17, 15) is 18.0 Å². The first-order valence-corrected chi connectivity index (χ1v) is 5.68. The first-order chi connectivity index (χ1) is 8.82. The molecule has 1 aromatic rings. The highest BCUT2D eigenvalue weighted by Crippen LogP contribution is 2.34. The number of likely N-dealkylation sites (N-methyl/N-ethyl adjacent to an activating group) is 1. The van der Waals surface area contributed by atoms with Crippen LogP contribution in [0.3, 0.4) is 0 Å². The molecule has 1 aromatic carbocycles. The number of benzene rings is 1. The number of nitrogens with one attached hydrogen (secondary N) is 2. The number of rotatable bonds is 3. The fourth-order valence-electron chi connectivity index (χ4n) is 1.87. The van der Waals surface area contributed by atoms with Gasteiger partial charge in [0.2, 0.25) is 5.91 Å². The van der Waals surface area contributed by atoms with Crippen molar-refractivity contribution in [3.63, 3.8) is 0 Å². The van der Waals surface area contributed by atoms with Gasteiger partial charge < -0.3 is 15.4 Å². The van der Waals surface area contributed by atoms with Crippen LogP contribution in [-0.4, -0.2) is 25.2 Å². The number of hydrogen-bond donors (Lipinski definition) is 2. The molecule has 0 saturated carbocycles. The molecule has 0 aromatic heterocycles. The first-order valence-electron chi connectivity index (χ1n) is 5.68. The van der Waals surface area contributed by atoms with Crippen molar-refractivity contribution in [3.8, 4) is 5.75 Å². The molecular weight excluding hydrogens is 261 g/mol. The normalized spacial score (nSPS) is 19.8. The number of hydrogen-bond acceptors (Lipinski definition) is 3. The molecule has 0 saturated heterocycles. The van der Waals surface area contributed by atoms with Crippen molar-refractivity contribution in [2.45, 2.75) is 25.2 Å². The monoisotopic (exact) mass is 274 g/mol. The maximum atomic E-state index is 12.4. The van der Waals surface area contributed by atoms with E-state index in [0.29, 0.717) is 11.3 Å². The van der Waals surface area contributed by atoms with E-state index in [1.165, 1.54) is 12.1 Å². The number of carbonyl (C=O) groups excluding carboxylic acids is 1. The van der Waals surface area contributed by atoms with Crippen LogP contribution in [0.4, 0.5) is 18.9 Å². The van der Waals surface area contributed by atoms with Gasteiger partial charge in [0.15, 0.2) is 6.10 Å². The van der Waals surface area contributed by atoms with E-state index >= 15 is 0 Å². The molecule has 104 valence electrons. The molecule has 4 nitrogen and oxygen atoms in total. The van der Waals surface area contributed by atoms with E-state index in [1.807, 2.05) is 0 Å². The summed E-state index contributed by atoms with van der Waals surface area (Å²) in [6, 6.07) is 3.91. The predicted octanol–water partition coefficient (Wildman–Crippen LogP) is 2.23. The molecule has 0 aliphatic carbocycles. The number of anilines is 1. The maximum Gasteiger partial charge on any atom is 0.425 e. The van der Waals surface area contributed by atoms with E-state index in [1.54, 1.807) is 13.1 Å². The molecule has 2 atom stereocenters. The quantitative estimate of drug-likeness (QED) is 0.888. The SMILES string of the molecule is CNC1C(=O)Nc2cc(OC(C)C(F)(F)F)ccc21. The standard InChI is InChI=1S/C12H13F3N2O2/c1-6(12(13,14)15)19-7-3-4-8-9(5-7)17-11(18)10(8)16-2/h3-6,10,16H,1-2H3,(H,17,18). The van der Waals surface area contributed by atoms with Crippen LogP contribution in [0.1, 0.15) is 18.5 Å². The lowest BCUT2D eigenvalue weighted by Crippen LogP contribution is -2.31. The van der Waals surface area contributed by atoms with Crippen LogP contribution < -0.4 is 15.4 Å². The van der Waals surface area contributed by atoms with E-state index < -0.39 is 18.3 Å². The van der Waals surface area contributed by atoms with Crippen molar-refractivity contribution in [2.24, 2.45) is 0 Å². The van der Waals surface area contributed by atoms with Crippen LogP contribution in [0, 0.1) is 0 Å². The fourth-order valence-corrected chi connectivity index (χ4v) is 1.87. The van der Waals surface area contributed by atoms with Crippen LogP contribution in [0.15, 0.2) is 18.2 Å². The third-order valence-electron chi connectivity index (χ3n) is 2.92. The zero-order valence-corrected chi connectivity index (χ0v) is 10.3. The largest absolute Gasteiger partial charge is 0.481 e. The smallest absolute Gasteiger partial charge is 0.425 e. The fraction of sp³-hybridized carbons (Fsp3) is 0.417. The van der Waals surface area contributed by atoms with Crippen LogP contribution in [-0.2, 0) is 4.79 Å². The molecule has 2 rings (SSSR count). The molecule has 1 aliphatic rings. The Balaban J connectivity index is 2.20. The summed E-state index contributed by atoms with van der Waals surface area (Å²) in [5, 5.41) is 5.41. The first kappa shape index (κ1) is 13.7. The van der Waals surface area contributed by atoms with Crippen LogP contribution >= 0.6 is 0 Å². The van der Waals surface area contributed by atoms with Crippen molar-refractivity contribution in [3.05, 3.63) is 23.8 Å². The Hall–Kier alpha value is -1.76. The average molecular weight is 274 g/mol. The number of ether oxygens (including phenoxy) is 1. The Kier molecular flexibility index (Phi) is 3.40. The molecule has 1 aliphatic heterocycles. The highest BCUT2D eigenvalue weighted by Gasteiger charge is 2.38. The van der Waals surface area contributed by atoms with Crippen molar-refractivity contribution in [1.29, 1.82) is 0 Å². The second kappa shape index (κ2) is 4.73. The zero-order chi connectivity index (χ0) is 14.2. The van der Waals surface area contributed by atoms with Crippen LogP contribution in [0.5, 0.6) is 5.75 Å². The maximum absolute atomic E-state index is 12.4.